The smallest absolute Gasteiger partial charge is 0.231 e. The second-order valence-electron chi connectivity index (χ2n) is 8.47. The fourth-order valence-corrected chi connectivity index (χ4v) is 4.22. The van der Waals surface area contributed by atoms with E-state index in [2.05, 4.69) is 40.5 Å². The molecule has 0 radical (unpaired) electrons. The molecule has 1 aliphatic heterocycles. The summed E-state index contributed by atoms with van der Waals surface area (Å²) in [6, 6.07) is 5.53. The first-order valence-corrected chi connectivity index (χ1v) is 12.0. The Morgan fingerprint density at radius 3 is 2.83 bits per heavy atom. The zero-order valence-electron chi connectivity index (χ0n) is 20.6. The van der Waals surface area contributed by atoms with E-state index in [1.165, 1.54) is 0 Å². The lowest BCUT2D eigenvalue weighted by atomic mass is 10.1. The minimum Gasteiger partial charge on any atom is -0.475 e. The molecule has 4 aromatic heterocycles. The van der Waals surface area contributed by atoms with E-state index in [-0.39, 0.29) is 6.04 Å². The maximum absolute atomic E-state index is 5.84. The predicted molar refractivity (Wildman–Crippen MR) is 132 cm³/mol. The fraction of sp³-hybridized carbons (Fsp3) is 0.417. The Morgan fingerprint density at radius 1 is 1.14 bits per heavy atom. The molecule has 5 heterocycles. The van der Waals surface area contributed by atoms with Gasteiger partial charge in [-0.1, -0.05) is 12.1 Å². The van der Waals surface area contributed by atoms with Gasteiger partial charge in [-0.3, -0.25) is 15.1 Å². The van der Waals surface area contributed by atoms with Crippen LogP contribution in [0.5, 0.6) is 5.88 Å². The number of methoxy groups -OCH3 is 1. The number of nitrogens with one attached hydrogen (secondary N) is 2. The first kappa shape index (κ1) is 23.7. The number of nitrogens with zero attached hydrogens (tertiary/aromatic N) is 7. The van der Waals surface area contributed by atoms with Crippen molar-refractivity contribution in [2.45, 2.75) is 39.2 Å². The third-order valence-corrected chi connectivity index (χ3v) is 5.91. The van der Waals surface area contributed by atoms with Crippen molar-refractivity contribution < 1.29 is 14.0 Å². The first-order chi connectivity index (χ1) is 17.6. The van der Waals surface area contributed by atoms with Crippen LogP contribution in [0.25, 0.3) is 11.4 Å². The van der Waals surface area contributed by atoms with E-state index < -0.39 is 0 Å². The molecule has 4 aromatic rings. The molecule has 12 heteroatoms. The molecular weight excluding hydrogens is 462 g/mol. The van der Waals surface area contributed by atoms with Crippen molar-refractivity contribution in [3.63, 3.8) is 0 Å². The Labute approximate surface area is 208 Å². The van der Waals surface area contributed by atoms with Crippen LogP contribution in [0, 0.1) is 6.92 Å². The van der Waals surface area contributed by atoms with Crippen molar-refractivity contribution in [2.75, 3.05) is 37.1 Å². The molecule has 36 heavy (non-hydrogen) atoms. The second kappa shape index (κ2) is 10.7. The summed E-state index contributed by atoms with van der Waals surface area (Å²) in [5, 5.41) is 14.7. The van der Waals surface area contributed by atoms with Crippen LogP contribution in [0.2, 0.25) is 0 Å². The van der Waals surface area contributed by atoms with Crippen molar-refractivity contribution in [2.24, 2.45) is 0 Å². The van der Waals surface area contributed by atoms with Gasteiger partial charge in [-0.25, -0.2) is 0 Å². The van der Waals surface area contributed by atoms with Crippen molar-refractivity contribution >= 4 is 17.6 Å². The van der Waals surface area contributed by atoms with Crippen LogP contribution in [0.4, 0.5) is 17.6 Å². The largest absolute Gasteiger partial charge is 0.475 e. The zero-order valence-corrected chi connectivity index (χ0v) is 20.6. The van der Waals surface area contributed by atoms with Crippen molar-refractivity contribution in [1.29, 1.82) is 0 Å². The number of H-pyrrole nitrogens is 1. The maximum atomic E-state index is 5.84. The summed E-state index contributed by atoms with van der Waals surface area (Å²) in [5.41, 5.74) is 3.24. The number of hydrogen-bond donors (Lipinski definition) is 2. The topological polar surface area (TPSA) is 140 Å². The third kappa shape index (κ3) is 5.13. The molecule has 0 saturated carbocycles. The average molecular weight is 492 g/mol. The summed E-state index contributed by atoms with van der Waals surface area (Å²) in [4.78, 5) is 20.5. The molecule has 188 valence electrons. The number of aromatic nitrogens is 7. The monoisotopic (exact) mass is 491 g/mol. The summed E-state index contributed by atoms with van der Waals surface area (Å²) in [5.74, 6) is 2.96. The molecule has 0 aromatic carbocycles. The highest BCUT2D eigenvalue weighted by atomic mass is 16.5. The first-order valence-electron chi connectivity index (χ1n) is 12.0. The van der Waals surface area contributed by atoms with E-state index in [0.717, 1.165) is 48.6 Å². The number of hydrogen-bond acceptors (Lipinski definition) is 11. The average Bonchev–Trinajstić information content (AvgIpc) is 3.65. The van der Waals surface area contributed by atoms with Gasteiger partial charge in [0.1, 0.15) is 23.8 Å². The van der Waals surface area contributed by atoms with Gasteiger partial charge in [-0.2, -0.15) is 15.1 Å². The Kier molecular flexibility index (Phi) is 7.03. The van der Waals surface area contributed by atoms with Crippen LogP contribution in [-0.2, 0) is 11.2 Å². The number of aromatic amines is 1. The lowest BCUT2D eigenvalue weighted by molar-refractivity contribution is 0.143. The fourth-order valence-electron chi connectivity index (χ4n) is 4.22. The van der Waals surface area contributed by atoms with Gasteiger partial charge in [-0.15, -0.1) is 0 Å². The lowest BCUT2D eigenvalue weighted by Crippen LogP contribution is -2.25. The maximum Gasteiger partial charge on any atom is 0.231 e. The van der Waals surface area contributed by atoms with E-state index >= 15 is 0 Å². The van der Waals surface area contributed by atoms with Crippen LogP contribution in [0.1, 0.15) is 43.0 Å². The highest BCUT2D eigenvalue weighted by Gasteiger charge is 2.32. The van der Waals surface area contributed by atoms with Crippen molar-refractivity contribution in [3.8, 4) is 17.3 Å². The van der Waals surface area contributed by atoms with Crippen LogP contribution >= 0.6 is 0 Å². The summed E-state index contributed by atoms with van der Waals surface area (Å²) in [6.07, 6.45) is 5.97. The molecule has 0 bridgehead atoms. The van der Waals surface area contributed by atoms with Crippen LogP contribution in [-0.4, -0.2) is 62.2 Å². The summed E-state index contributed by atoms with van der Waals surface area (Å²) >= 11 is 0. The molecule has 1 aliphatic rings. The van der Waals surface area contributed by atoms with Gasteiger partial charge in [0.05, 0.1) is 18.3 Å². The van der Waals surface area contributed by atoms with E-state index in [1.807, 2.05) is 26.0 Å². The van der Waals surface area contributed by atoms with Crippen LogP contribution in [0.3, 0.4) is 0 Å². The molecule has 0 amide bonds. The van der Waals surface area contributed by atoms with E-state index in [1.54, 1.807) is 25.6 Å². The summed E-state index contributed by atoms with van der Waals surface area (Å²) < 4.78 is 16.8. The van der Waals surface area contributed by atoms with E-state index in [4.69, 9.17) is 19.0 Å². The number of aryl methyl sites for hydroxylation is 2. The van der Waals surface area contributed by atoms with Crippen LogP contribution in [0.15, 0.2) is 35.1 Å². The Balaban J connectivity index is 1.43. The molecule has 5 rings (SSSR count). The van der Waals surface area contributed by atoms with Gasteiger partial charge in [-0.05, 0) is 26.2 Å². The van der Waals surface area contributed by atoms with Gasteiger partial charge >= 0.3 is 0 Å². The van der Waals surface area contributed by atoms with Gasteiger partial charge in [0, 0.05) is 49.9 Å². The minimum absolute atomic E-state index is 0.0669. The van der Waals surface area contributed by atoms with Crippen LogP contribution < -0.4 is 15.0 Å². The predicted octanol–water partition coefficient (Wildman–Crippen LogP) is 3.63. The normalized spacial score (nSPS) is 15.4. The second-order valence-corrected chi connectivity index (χ2v) is 8.47. The molecule has 2 N–H and O–H groups in total. The molecule has 1 saturated heterocycles. The molecular formula is C24H29N9O3. The number of ether oxygens (including phenoxy) is 2. The standard InChI is InChI=1S/C24H29N9O3/c1-4-16-23(26-8-7-25-16)17-13-19(36-32-17)18-6-5-9-33(18)24-28-20(27-21-12-15(2)30-31-21)14-22(29-24)35-11-10-34-3/h7-8,12-14,18H,4-6,9-11H2,1-3H3,(H2,27,28,29,30,31)/t18-/m0/s1. The molecule has 0 unspecified atom stereocenters. The molecule has 1 atom stereocenters. The van der Waals surface area contributed by atoms with Crippen molar-refractivity contribution in [3.05, 3.63) is 47.7 Å². The minimum atomic E-state index is -0.0669. The van der Waals surface area contributed by atoms with Gasteiger partial charge in [0.15, 0.2) is 11.6 Å². The SMILES string of the molecule is CCc1nccnc1-c1cc([C@@H]2CCCN2c2nc(Nc3cc(C)[nH]n3)cc(OCCOC)n2)on1. The summed E-state index contributed by atoms with van der Waals surface area (Å²) in [6.45, 7) is 5.58. The summed E-state index contributed by atoms with van der Waals surface area (Å²) in [7, 11) is 1.63. The highest BCUT2D eigenvalue weighted by Crippen LogP contribution is 2.37. The molecule has 1 fully saturated rings. The Hall–Kier alpha value is -4.06. The van der Waals surface area contributed by atoms with E-state index in [0.29, 0.717) is 42.4 Å². The zero-order chi connectivity index (χ0) is 24.9. The van der Waals surface area contributed by atoms with Gasteiger partial charge in [0.2, 0.25) is 11.8 Å². The molecule has 12 nitrogen and oxygen atoms in total. The Bertz CT molecular complexity index is 1310. The van der Waals surface area contributed by atoms with E-state index in [9.17, 15) is 0 Å². The number of rotatable bonds is 10. The Morgan fingerprint density at radius 2 is 2.03 bits per heavy atom. The van der Waals surface area contributed by atoms with Gasteiger partial charge < -0.3 is 24.2 Å². The number of anilines is 3. The lowest BCUT2D eigenvalue weighted by Gasteiger charge is -2.23. The molecule has 0 spiro atoms. The third-order valence-electron chi connectivity index (χ3n) is 5.91. The van der Waals surface area contributed by atoms with Crippen molar-refractivity contribution in [1.82, 2.24) is 35.3 Å². The quantitative estimate of drug-likeness (QED) is 0.314. The highest BCUT2D eigenvalue weighted by molar-refractivity contribution is 5.58. The van der Waals surface area contributed by atoms with Gasteiger partial charge in [0.25, 0.3) is 0 Å². The molecule has 0 aliphatic carbocycles.